The van der Waals surface area contributed by atoms with Gasteiger partial charge in [-0.1, -0.05) is 0 Å². The number of thiophene rings is 1. The van der Waals surface area contributed by atoms with E-state index in [0.29, 0.717) is 11.1 Å². The van der Waals surface area contributed by atoms with Crippen LogP contribution in [0.3, 0.4) is 0 Å². The maximum Gasteiger partial charge on any atom is 0.256 e. The molecule has 0 fully saturated rings. The number of hydrogen-bond acceptors (Lipinski definition) is 5. The number of carbonyl (C=O) groups excluding carboxylic acids is 1. The van der Waals surface area contributed by atoms with Gasteiger partial charge in [-0.05, 0) is 45.4 Å². The summed E-state index contributed by atoms with van der Waals surface area (Å²) in [6.07, 6.45) is -0.423. The SMILES string of the molecule is CCN(CC)c1ccc([C@@H]2NC(=O)c3c(sc(C)c3C)N2)c(O)c1. The summed E-state index contributed by atoms with van der Waals surface area (Å²) in [4.78, 5) is 15.7. The quantitative estimate of drug-likeness (QED) is 0.789. The molecule has 1 aliphatic rings. The zero-order chi connectivity index (χ0) is 17.4. The number of aromatic hydroxyl groups is 1. The van der Waals surface area contributed by atoms with E-state index >= 15 is 0 Å². The molecule has 1 amide bonds. The van der Waals surface area contributed by atoms with Crippen LogP contribution < -0.4 is 15.5 Å². The predicted octanol–water partition coefficient (Wildman–Crippen LogP) is 3.77. The van der Waals surface area contributed by atoms with Gasteiger partial charge in [0.2, 0.25) is 0 Å². The number of phenols is 1. The van der Waals surface area contributed by atoms with Gasteiger partial charge in [-0.25, -0.2) is 0 Å². The van der Waals surface area contributed by atoms with E-state index < -0.39 is 6.17 Å². The highest BCUT2D eigenvalue weighted by Crippen LogP contribution is 2.39. The van der Waals surface area contributed by atoms with Gasteiger partial charge in [0, 0.05) is 35.3 Å². The molecule has 0 spiro atoms. The zero-order valence-electron chi connectivity index (χ0n) is 14.4. The standard InChI is InChI=1S/C18H23N3O2S/c1-5-21(6-2)12-7-8-13(14(22)9-12)16-19-17(23)15-10(3)11(4)24-18(15)20-16/h7-9,16,20,22H,5-6H2,1-4H3,(H,19,23)/t16-/m1/s1. The first kappa shape index (κ1) is 16.6. The summed E-state index contributed by atoms with van der Waals surface area (Å²) in [5.41, 5.74) is 3.38. The second kappa shape index (κ2) is 6.36. The van der Waals surface area contributed by atoms with Crippen molar-refractivity contribution in [3.63, 3.8) is 0 Å². The Hall–Kier alpha value is -2.21. The van der Waals surface area contributed by atoms with Crippen LogP contribution in [0, 0.1) is 13.8 Å². The molecule has 3 rings (SSSR count). The summed E-state index contributed by atoms with van der Waals surface area (Å²) in [7, 11) is 0. The fourth-order valence-corrected chi connectivity index (χ4v) is 4.18. The van der Waals surface area contributed by atoms with Crippen molar-refractivity contribution < 1.29 is 9.90 Å². The van der Waals surface area contributed by atoms with Crippen LogP contribution in [0.25, 0.3) is 0 Å². The van der Waals surface area contributed by atoms with E-state index in [1.54, 1.807) is 17.4 Å². The van der Waals surface area contributed by atoms with Crippen molar-refractivity contribution in [3.8, 4) is 5.75 Å². The molecule has 6 heteroatoms. The Balaban J connectivity index is 1.92. The molecule has 0 saturated carbocycles. The van der Waals surface area contributed by atoms with Gasteiger partial charge in [0.05, 0.1) is 5.56 Å². The Kier molecular flexibility index (Phi) is 4.41. The number of anilines is 2. The minimum atomic E-state index is -0.423. The number of nitrogens with one attached hydrogen (secondary N) is 2. The number of amides is 1. The van der Waals surface area contributed by atoms with Gasteiger partial charge in [-0.2, -0.15) is 0 Å². The second-order valence-electron chi connectivity index (χ2n) is 5.95. The summed E-state index contributed by atoms with van der Waals surface area (Å²) in [5.74, 6) is 0.0912. The number of hydrogen-bond donors (Lipinski definition) is 3. The summed E-state index contributed by atoms with van der Waals surface area (Å²) >= 11 is 1.58. The lowest BCUT2D eigenvalue weighted by molar-refractivity contribution is 0.0935. The number of aryl methyl sites for hydroxylation is 1. The Labute approximate surface area is 146 Å². The first-order valence-electron chi connectivity index (χ1n) is 8.21. The number of fused-ring (bicyclic) bond motifs is 1. The predicted molar refractivity (Wildman–Crippen MR) is 99.3 cm³/mol. The molecule has 2 heterocycles. The largest absolute Gasteiger partial charge is 0.507 e. The van der Waals surface area contributed by atoms with Gasteiger partial charge in [0.1, 0.15) is 16.9 Å². The summed E-state index contributed by atoms with van der Waals surface area (Å²) in [5, 5.41) is 17.6. The van der Waals surface area contributed by atoms with Crippen LogP contribution in [0.15, 0.2) is 18.2 Å². The number of benzene rings is 1. The van der Waals surface area contributed by atoms with E-state index in [0.717, 1.165) is 34.2 Å². The number of nitrogens with zero attached hydrogens (tertiary/aromatic N) is 1. The normalized spacial score (nSPS) is 16.3. The Morgan fingerprint density at radius 1 is 1.21 bits per heavy atom. The van der Waals surface area contributed by atoms with E-state index in [1.165, 1.54) is 0 Å². The van der Waals surface area contributed by atoms with Gasteiger partial charge in [-0.3, -0.25) is 4.79 Å². The minimum Gasteiger partial charge on any atom is -0.507 e. The van der Waals surface area contributed by atoms with Crippen LogP contribution in [0.5, 0.6) is 5.75 Å². The lowest BCUT2D eigenvalue weighted by Gasteiger charge is -2.28. The summed E-state index contributed by atoms with van der Waals surface area (Å²) in [6, 6.07) is 5.62. The first-order chi connectivity index (χ1) is 11.5. The van der Waals surface area contributed by atoms with Crippen LogP contribution in [-0.2, 0) is 0 Å². The molecule has 0 aliphatic carbocycles. The van der Waals surface area contributed by atoms with Crippen molar-refractivity contribution >= 4 is 27.9 Å². The van der Waals surface area contributed by atoms with E-state index in [-0.39, 0.29) is 11.7 Å². The first-order valence-corrected chi connectivity index (χ1v) is 9.03. The molecule has 128 valence electrons. The molecule has 3 N–H and O–H groups in total. The fraction of sp³-hybridized carbons (Fsp3) is 0.389. The molecule has 1 aromatic carbocycles. The number of carbonyl (C=O) groups is 1. The van der Waals surface area contributed by atoms with Crippen molar-refractivity contribution in [1.29, 1.82) is 0 Å². The van der Waals surface area contributed by atoms with Crippen molar-refractivity contribution in [3.05, 3.63) is 39.8 Å². The van der Waals surface area contributed by atoms with Crippen LogP contribution in [0.1, 0.15) is 46.4 Å². The van der Waals surface area contributed by atoms with E-state index in [1.807, 2.05) is 26.0 Å². The molecule has 2 aromatic rings. The van der Waals surface area contributed by atoms with Gasteiger partial charge in [0.15, 0.2) is 0 Å². The van der Waals surface area contributed by atoms with Crippen LogP contribution in [0.4, 0.5) is 10.7 Å². The van der Waals surface area contributed by atoms with Crippen LogP contribution in [-0.4, -0.2) is 24.1 Å². The molecule has 1 aliphatic heterocycles. The monoisotopic (exact) mass is 345 g/mol. The highest BCUT2D eigenvalue weighted by Gasteiger charge is 2.30. The summed E-state index contributed by atoms with van der Waals surface area (Å²) in [6.45, 7) is 9.90. The highest BCUT2D eigenvalue weighted by molar-refractivity contribution is 7.16. The summed E-state index contributed by atoms with van der Waals surface area (Å²) < 4.78 is 0. The maximum absolute atomic E-state index is 12.4. The Bertz CT molecular complexity index is 781. The molecule has 0 radical (unpaired) electrons. The third-order valence-corrected chi connectivity index (χ3v) is 5.76. The van der Waals surface area contributed by atoms with Gasteiger partial charge in [0.25, 0.3) is 5.91 Å². The van der Waals surface area contributed by atoms with Gasteiger partial charge >= 0.3 is 0 Å². The molecule has 0 unspecified atom stereocenters. The van der Waals surface area contributed by atoms with Crippen LogP contribution >= 0.6 is 11.3 Å². The van der Waals surface area contributed by atoms with Crippen molar-refractivity contribution in [2.75, 3.05) is 23.3 Å². The average molecular weight is 345 g/mol. The lowest BCUT2D eigenvalue weighted by atomic mass is 10.1. The number of phenolic OH excluding ortho intramolecular Hbond substituents is 1. The molecule has 0 saturated heterocycles. The molecule has 0 bridgehead atoms. The van der Waals surface area contributed by atoms with Crippen molar-refractivity contribution in [2.45, 2.75) is 33.9 Å². The third-order valence-electron chi connectivity index (χ3n) is 4.62. The average Bonchev–Trinajstić information content (AvgIpc) is 2.83. The van der Waals surface area contributed by atoms with E-state index in [2.05, 4.69) is 29.4 Å². The molecular weight excluding hydrogens is 322 g/mol. The van der Waals surface area contributed by atoms with Crippen molar-refractivity contribution in [1.82, 2.24) is 5.32 Å². The third kappa shape index (κ3) is 2.71. The Morgan fingerprint density at radius 2 is 1.92 bits per heavy atom. The zero-order valence-corrected chi connectivity index (χ0v) is 15.3. The molecule has 1 atom stereocenters. The van der Waals surface area contributed by atoms with Gasteiger partial charge in [-0.15, -0.1) is 11.3 Å². The second-order valence-corrected chi connectivity index (χ2v) is 7.18. The van der Waals surface area contributed by atoms with Crippen molar-refractivity contribution in [2.24, 2.45) is 0 Å². The molecule has 5 nitrogen and oxygen atoms in total. The highest BCUT2D eigenvalue weighted by atomic mass is 32.1. The molecular formula is C18H23N3O2S. The minimum absolute atomic E-state index is 0.0946. The van der Waals surface area contributed by atoms with E-state index in [4.69, 9.17) is 0 Å². The van der Waals surface area contributed by atoms with Gasteiger partial charge < -0.3 is 20.6 Å². The van der Waals surface area contributed by atoms with Crippen LogP contribution in [0.2, 0.25) is 0 Å². The fourth-order valence-electron chi connectivity index (χ4n) is 3.09. The lowest BCUT2D eigenvalue weighted by Crippen LogP contribution is -2.38. The number of rotatable bonds is 4. The smallest absolute Gasteiger partial charge is 0.256 e. The molecule has 1 aromatic heterocycles. The Morgan fingerprint density at radius 3 is 2.54 bits per heavy atom. The molecule has 24 heavy (non-hydrogen) atoms. The topological polar surface area (TPSA) is 64.6 Å². The van der Waals surface area contributed by atoms with E-state index in [9.17, 15) is 9.90 Å². The maximum atomic E-state index is 12.4.